The molecule has 0 bridgehead atoms. The summed E-state index contributed by atoms with van der Waals surface area (Å²) in [6.07, 6.45) is 0.470. The van der Waals surface area contributed by atoms with Gasteiger partial charge < -0.3 is 0 Å². The van der Waals surface area contributed by atoms with Crippen LogP contribution in [-0.4, -0.2) is 11.1 Å². The van der Waals surface area contributed by atoms with Crippen molar-refractivity contribution in [1.29, 1.82) is 0 Å². The third-order valence-electron chi connectivity index (χ3n) is 1.56. The number of carbonyl (C=O) groups is 1. The van der Waals surface area contributed by atoms with Gasteiger partial charge >= 0.3 is 0 Å². The van der Waals surface area contributed by atoms with E-state index in [9.17, 15) is 4.79 Å². The van der Waals surface area contributed by atoms with Crippen molar-refractivity contribution in [3.63, 3.8) is 0 Å². The Hall–Kier alpha value is -0.0500. The standard InChI is InChI=1S/C9H7BrCl2O/c10-4-3-9(13)6-1-2-7(11)8(12)5-6/h1-2,5H,3-4H2. The summed E-state index contributed by atoms with van der Waals surface area (Å²) < 4.78 is 0. The lowest BCUT2D eigenvalue weighted by atomic mass is 10.1. The van der Waals surface area contributed by atoms with Crippen molar-refractivity contribution in [1.82, 2.24) is 0 Å². The molecule has 0 aliphatic carbocycles. The van der Waals surface area contributed by atoms with Crippen molar-refractivity contribution in [2.45, 2.75) is 6.42 Å². The van der Waals surface area contributed by atoms with E-state index in [2.05, 4.69) is 15.9 Å². The fourth-order valence-electron chi connectivity index (χ4n) is 0.900. The maximum absolute atomic E-state index is 11.4. The number of carbonyl (C=O) groups excluding carboxylic acids is 1. The molecule has 1 rings (SSSR count). The van der Waals surface area contributed by atoms with Gasteiger partial charge in [0, 0.05) is 17.3 Å². The minimum absolute atomic E-state index is 0.0652. The molecule has 0 fully saturated rings. The van der Waals surface area contributed by atoms with Crippen LogP contribution in [0.5, 0.6) is 0 Å². The minimum atomic E-state index is 0.0652. The topological polar surface area (TPSA) is 17.1 Å². The molecule has 0 amide bonds. The summed E-state index contributed by atoms with van der Waals surface area (Å²) in [4.78, 5) is 11.4. The third-order valence-corrected chi connectivity index (χ3v) is 2.70. The average molecular weight is 282 g/mol. The van der Waals surface area contributed by atoms with Crippen molar-refractivity contribution >= 4 is 44.9 Å². The molecule has 0 radical (unpaired) electrons. The Labute approximate surface area is 95.2 Å². The molecule has 1 nitrogen and oxygen atoms in total. The van der Waals surface area contributed by atoms with Gasteiger partial charge in [-0.15, -0.1) is 0 Å². The first-order valence-corrected chi connectivity index (χ1v) is 5.57. The third kappa shape index (κ3) is 2.97. The highest BCUT2D eigenvalue weighted by Gasteiger charge is 2.06. The normalized spacial score (nSPS) is 10.1. The van der Waals surface area contributed by atoms with Crippen molar-refractivity contribution in [3.8, 4) is 0 Å². The Bertz CT molecular complexity index is 325. The molecule has 0 saturated heterocycles. The van der Waals surface area contributed by atoms with Crippen LogP contribution >= 0.6 is 39.1 Å². The second kappa shape index (κ2) is 4.99. The van der Waals surface area contributed by atoms with Gasteiger partial charge in [-0.3, -0.25) is 4.79 Å². The minimum Gasteiger partial charge on any atom is -0.294 e. The Kier molecular flexibility index (Phi) is 4.23. The fraction of sp³-hybridized carbons (Fsp3) is 0.222. The summed E-state index contributed by atoms with van der Waals surface area (Å²) in [5.41, 5.74) is 0.605. The van der Waals surface area contributed by atoms with E-state index in [4.69, 9.17) is 23.2 Å². The highest BCUT2D eigenvalue weighted by Crippen LogP contribution is 2.23. The van der Waals surface area contributed by atoms with Crippen LogP contribution in [0.2, 0.25) is 10.0 Å². The van der Waals surface area contributed by atoms with Crippen molar-refractivity contribution in [2.75, 3.05) is 5.33 Å². The quantitative estimate of drug-likeness (QED) is 0.605. The van der Waals surface area contributed by atoms with Gasteiger partial charge in [0.05, 0.1) is 10.0 Å². The van der Waals surface area contributed by atoms with E-state index in [1.54, 1.807) is 18.2 Å². The van der Waals surface area contributed by atoms with Gasteiger partial charge in [0.2, 0.25) is 0 Å². The maximum atomic E-state index is 11.4. The van der Waals surface area contributed by atoms with Crippen LogP contribution in [0.4, 0.5) is 0 Å². The molecule has 4 heteroatoms. The van der Waals surface area contributed by atoms with E-state index in [1.807, 2.05) is 0 Å². The van der Waals surface area contributed by atoms with E-state index < -0.39 is 0 Å². The number of Topliss-reactive ketones (excluding diaryl/α,β-unsaturated/α-hetero) is 1. The van der Waals surface area contributed by atoms with Gasteiger partial charge in [-0.25, -0.2) is 0 Å². The molecule has 0 saturated carbocycles. The van der Waals surface area contributed by atoms with Crippen LogP contribution in [0.15, 0.2) is 18.2 Å². The Morgan fingerprint density at radius 2 is 2.00 bits per heavy atom. The molecule has 0 N–H and O–H groups in total. The Morgan fingerprint density at radius 3 is 2.54 bits per heavy atom. The largest absolute Gasteiger partial charge is 0.294 e. The van der Waals surface area contributed by atoms with Crippen molar-refractivity contribution in [3.05, 3.63) is 33.8 Å². The molecule has 13 heavy (non-hydrogen) atoms. The van der Waals surface area contributed by atoms with Gasteiger partial charge in [0.25, 0.3) is 0 Å². The molecule has 0 spiro atoms. The second-order valence-corrected chi connectivity index (χ2v) is 4.10. The van der Waals surface area contributed by atoms with E-state index >= 15 is 0 Å². The number of halogens is 3. The first-order chi connectivity index (χ1) is 6.15. The first-order valence-electron chi connectivity index (χ1n) is 3.69. The van der Waals surface area contributed by atoms with E-state index in [1.165, 1.54) is 0 Å². The number of ketones is 1. The lowest BCUT2D eigenvalue weighted by molar-refractivity contribution is 0.0990. The second-order valence-electron chi connectivity index (χ2n) is 2.49. The molecule has 0 atom stereocenters. The van der Waals surface area contributed by atoms with Gasteiger partial charge in [-0.05, 0) is 18.2 Å². The maximum Gasteiger partial charge on any atom is 0.163 e. The lowest BCUT2D eigenvalue weighted by Crippen LogP contribution is -1.98. The summed E-state index contributed by atoms with van der Waals surface area (Å²) in [6.45, 7) is 0. The molecule has 0 aliphatic rings. The number of hydrogen-bond donors (Lipinski definition) is 0. The van der Waals surface area contributed by atoms with Gasteiger partial charge in [-0.2, -0.15) is 0 Å². The number of benzene rings is 1. The highest BCUT2D eigenvalue weighted by molar-refractivity contribution is 9.09. The van der Waals surface area contributed by atoms with E-state index in [0.29, 0.717) is 27.4 Å². The molecule has 0 unspecified atom stereocenters. The molecule has 1 aromatic rings. The average Bonchev–Trinajstić information content (AvgIpc) is 2.10. The van der Waals surface area contributed by atoms with Gasteiger partial charge in [0.1, 0.15) is 0 Å². The Balaban J connectivity index is 2.90. The van der Waals surface area contributed by atoms with Gasteiger partial charge in [0.15, 0.2) is 5.78 Å². The molecule has 1 aromatic carbocycles. The lowest BCUT2D eigenvalue weighted by Gasteiger charge is -2.00. The molecule has 0 aliphatic heterocycles. The smallest absolute Gasteiger partial charge is 0.163 e. The summed E-state index contributed by atoms with van der Waals surface area (Å²) in [6, 6.07) is 4.90. The van der Waals surface area contributed by atoms with Crippen LogP contribution in [0, 0.1) is 0 Å². The molecule has 70 valence electrons. The Morgan fingerprint density at radius 1 is 1.31 bits per heavy atom. The van der Waals surface area contributed by atoms with Crippen LogP contribution in [0.25, 0.3) is 0 Å². The number of rotatable bonds is 3. The number of alkyl halides is 1. The van der Waals surface area contributed by atoms with Gasteiger partial charge in [-0.1, -0.05) is 39.1 Å². The zero-order valence-electron chi connectivity index (χ0n) is 6.69. The number of hydrogen-bond acceptors (Lipinski definition) is 1. The molecule has 0 aromatic heterocycles. The van der Waals surface area contributed by atoms with Crippen LogP contribution in [-0.2, 0) is 0 Å². The summed E-state index contributed by atoms with van der Waals surface area (Å²) in [5, 5.41) is 1.55. The van der Waals surface area contributed by atoms with Crippen molar-refractivity contribution in [2.24, 2.45) is 0 Å². The van der Waals surface area contributed by atoms with E-state index in [0.717, 1.165) is 0 Å². The monoisotopic (exact) mass is 280 g/mol. The fourth-order valence-corrected chi connectivity index (χ4v) is 1.56. The van der Waals surface area contributed by atoms with E-state index in [-0.39, 0.29) is 5.78 Å². The summed E-state index contributed by atoms with van der Waals surface area (Å²) >= 11 is 14.7. The zero-order valence-corrected chi connectivity index (χ0v) is 9.79. The molecular weight excluding hydrogens is 275 g/mol. The SMILES string of the molecule is O=C(CCBr)c1ccc(Cl)c(Cl)c1. The summed E-state index contributed by atoms with van der Waals surface area (Å²) in [7, 11) is 0. The van der Waals surface area contributed by atoms with Crippen molar-refractivity contribution < 1.29 is 4.79 Å². The van der Waals surface area contributed by atoms with Crippen LogP contribution in [0.3, 0.4) is 0 Å². The predicted octanol–water partition coefficient (Wildman–Crippen LogP) is 3.96. The van der Waals surface area contributed by atoms with Crippen LogP contribution in [0.1, 0.15) is 16.8 Å². The summed E-state index contributed by atoms with van der Waals surface area (Å²) in [5.74, 6) is 0.0652. The molecule has 0 heterocycles. The predicted molar refractivity (Wildman–Crippen MR) is 59.2 cm³/mol. The highest BCUT2D eigenvalue weighted by atomic mass is 79.9. The first kappa shape index (κ1) is 11.0. The zero-order chi connectivity index (χ0) is 9.84. The molecular formula is C9H7BrCl2O. The van der Waals surface area contributed by atoms with Crippen LogP contribution < -0.4 is 0 Å².